The van der Waals surface area contributed by atoms with Crippen molar-refractivity contribution in [3.63, 3.8) is 0 Å². The molecule has 3 rings (SSSR count). The van der Waals surface area contributed by atoms with Gasteiger partial charge in [-0.15, -0.1) is 0 Å². The van der Waals surface area contributed by atoms with E-state index >= 15 is 0 Å². The predicted molar refractivity (Wildman–Crippen MR) is 73.8 cm³/mol. The summed E-state index contributed by atoms with van der Waals surface area (Å²) in [6.07, 6.45) is 0.884. The van der Waals surface area contributed by atoms with Crippen LogP contribution in [0, 0.1) is 6.92 Å². The second-order valence-electron chi connectivity index (χ2n) is 4.42. The lowest BCUT2D eigenvalue weighted by Crippen LogP contribution is -2.22. The average Bonchev–Trinajstić information content (AvgIpc) is 2.66. The van der Waals surface area contributed by atoms with Gasteiger partial charge in [-0.1, -0.05) is 18.2 Å². The van der Waals surface area contributed by atoms with Gasteiger partial charge in [0, 0.05) is 12.0 Å². The van der Waals surface area contributed by atoms with Gasteiger partial charge in [-0.2, -0.15) is 5.10 Å². The summed E-state index contributed by atoms with van der Waals surface area (Å²) in [7, 11) is 0. The Bertz CT molecular complexity index is 594. The molecular formula is C13H14BrN3O. The fourth-order valence-corrected chi connectivity index (χ4v) is 2.62. The van der Waals surface area contributed by atoms with Gasteiger partial charge in [0.1, 0.15) is 11.6 Å². The van der Waals surface area contributed by atoms with E-state index in [1.54, 1.807) is 0 Å². The standard InChI is InChI=1S/C13H14BrN3O/c1-8-12(14)13(15)17(16-8)10-6-7-18-11-5-3-2-4-9(10)11/h2-5,10H,6-7,15H2,1H3. The summed E-state index contributed by atoms with van der Waals surface area (Å²) in [5.74, 6) is 1.60. The smallest absolute Gasteiger partial charge is 0.137 e. The van der Waals surface area contributed by atoms with Crippen molar-refractivity contribution in [2.24, 2.45) is 0 Å². The first-order chi connectivity index (χ1) is 8.68. The second-order valence-corrected chi connectivity index (χ2v) is 5.21. The van der Waals surface area contributed by atoms with Crippen molar-refractivity contribution in [3.8, 4) is 5.75 Å². The number of nitrogen functional groups attached to an aromatic ring is 1. The first kappa shape index (κ1) is 11.6. The zero-order chi connectivity index (χ0) is 12.7. The average molecular weight is 308 g/mol. The van der Waals surface area contributed by atoms with E-state index < -0.39 is 0 Å². The van der Waals surface area contributed by atoms with Crippen molar-refractivity contribution in [1.29, 1.82) is 0 Å². The highest BCUT2D eigenvalue weighted by molar-refractivity contribution is 9.10. The number of para-hydroxylation sites is 1. The van der Waals surface area contributed by atoms with Crippen LogP contribution in [-0.2, 0) is 0 Å². The van der Waals surface area contributed by atoms with Gasteiger partial charge in [-0.25, -0.2) is 4.68 Å². The summed E-state index contributed by atoms with van der Waals surface area (Å²) >= 11 is 3.47. The number of rotatable bonds is 1. The topological polar surface area (TPSA) is 53.1 Å². The quantitative estimate of drug-likeness (QED) is 0.881. The summed E-state index contributed by atoms with van der Waals surface area (Å²) in [6, 6.07) is 8.21. The Morgan fingerprint density at radius 3 is 2.94 bits per heavy atom. The molecule has 0 saturated carbocycles. The monoisotopic (exact) mass is 307 g/mol. The van der Waals surface area contributed by atoms with Crippen molar-refractivity contribution in [2.45, 2.75) is 19.4 Å². The first-order valence-corrected chi connectivity index (χ1v) is 6.69. The number of aryl methyl sites for hydroxylation is 1. The Balaban J connectivity index is 2.11. The molecule has 2 N–H and O–H groups in total. The van der Waals surface area contributed by atoms with Crippen LogP contribution in [0.2, 0.25) is 0 Å². The largest absolute Gasteiger partial charge is 0.493 e. The van der Waals surface area contributed by atoms with Gasteiger partial charge in [0.2, 0.25) is 0 Å². The molecule has 2 heterocycles. The molecule has 1 atom stereocenters. The number of aromatic nitrogens is 2. The molecule has 4 nitrogen and oxygen atoms in total. The van der Waals surface area contributed by atoms with Crippen molar-refractivity contribution < 1.29 is 4.74 Å². The van der Waals surface area contributed by atoms with Crippen molar-refractivity contribution in [1.82, 2.24) is 9.78 Å². The Kier molecular flexibility index (Phi) is 2.78. The SMILES string of the molecule is Cc1nn(C2CCOc3ccccc32)c(N)c1Br. The maximum atomic E-state index is 6.10. The lowest BCUT2D eigenvalue weighted by molar-refractivity contribution is 0.251. The predicted octanol–water partition coefficient (Wildman–Crippen LogP) is 2.91. The molecule has 5 heteroatoms. The number of ether oxygens (including phenoxy) is 1. The zero-order valence-electron chi connectivity index (χ0n) is 10.1. The van der Waals surface area contributed by atoms with E-state index in [0.29, 0.717) is 12.4 Å². The van der Waals surface area contributed by atoms with Crippen LogP contribution in [0.1, 0.15) is 23.7 Å². The van der Waals surface area contributed by atoms with Crippen LogP contribution < -0.4 is 10.5 Å². The van der Waals surface area contributed by atoms with Crippen LogP contribution in [-0.4, -0.2) is 16.4 Å². The number of nitrogens with zero attached hydrogens (tertiary/aromatic N) is 2. The van der Waals surface area contributed by atoms with Gasteiger partial charge in [0.05, 0.1) is 22.8 Å². The number of halogens is 1. The van der Waals surface area contributed by atoms with Crippen LogP contribution in [0.3, 0.4) is 0 Å². The normalized spacial score (nSPS) is 18.2. The van der Waals surface area contributed by atoms with Crippen LogP contribution in [0.15, 0.2) is 28.7 Å². The second kappa shape index (κ2) is 4.31. The van der Waals surface area contributed by atoms with Crippen LogP contribution in [0.5, 0.6) is 5.75 Å². The molecule has 0 fully saturated rings. The minimum atomic E-state index is 0.153. The number of benzene rings is 1. The number of hydrogen-bond acceptors (Lipinski definition) is 3. The van der Waals surface area contributed by atoms with E-state index in [0.717, 1.165) is 27.9 Å². The van der Waals surface area contributed by atoms with Crippen molar-refractivity contribution in [2.75, 3.05) is 12.3 Å². The van der Waals surface area contributed by atoms with E-state index in [1.807, 2.05) is 29.8 Å². The fourth-order valence-electron chi connectivity index (χ4n) is 2.36. The molecule has 1 aliphatic heterocycles. The fraction of sp³-hybridized carbons (Fsp3) is 0.308. The Hall–Kier alpha value is -1.49. The third-order valence-electron chi connectivity index (χ3n) is 3.27. The summed E-state index contributed by atoms with van der Waals surface area (Å²) < 4.78 is 8.43. The Morgan fingerprint density at radius 1 is 1.44 bits per heavy atom. The van der Waals surface area contributed by atoms with E-state index in [-0.39, 0.29) is 6.04 Å². The summed E-state index contributed by atoms with van der Waals surface area (Å²) in [6.45, 7) is 2.64. The lowest BCUT2D eigenvalue weighted by atomic mass is 10.0. The summed E-state index contributed by atoms with van der Waals surface area (Å²) in [5, 5.41) is 4.52. The molecular weight excluding hydrogens is 294 g/mol. The van der Waals surface area contributed by atoms with E-state index in [4.69, 9.17) is 10.5 Å². The highest BCUT2D eigenvalue weighted by Crippen LogP contribution is 2.37. The molecule has 0 spiro atoms. The molecule has 0 radical (unpaired) electrons. The zero-order valence-corrected chi connectivity index (χ0v) is 11.6. The van der Waals surface area contributed by atoms with Gasteiger partial charge >= 0.3 is 0 Å². The number of nitrogens with two attached hydrogens (primary N) is 1. The number of anilines is 1. The highest BCUT2D eigenvalue weighted by atomic mass is 79.9. The maximum Gasteiger partial charge on any atom is 0.137 e. The van der Waals surface area contributed by atoms with Gasteiger partial charge in [-0.05, 0) is 28.9 Å². The molecule has 2 aromatic rings. The van der Waals surface area contributed by atoms with Gasteiger partial charge in [0.25, 0.3) is 0 Å². The summed E-state index contributed by atoms with van der Waals surface area (Å²) in [5.41, 5.74) is 8.16. The molecule has 0 bridgehead atoms. The van der Waals surface area contributed by atoms with Crippen LogP contribution in [0.4, 0.5) is 5.82 Å². The molecule has 1 unspecified atom stereocenters. The van der Waals surface area contributed by atoms with Gasteiger partial charge < -0.3 is 10.5 Å². The highest BCUT2D eigenvalue weighted by Gasteiger charge is 2.26. The van der Waals surface area contributed by atoms with Crippen molar-refractivity contribution >= 4 is 21.7 Å². The number of fused-ring (bicyclic) bond motifs is 1. The molecule has 0 aliphatic carbocycles. The van der Waals surface area contributed by atoms with E-state index in [9.17, 15) is 0 Å². The molecule has 1 aromatic carbocycles. The van der Waals surface area contributed by atoms with E-state index in [2.05, 4.69) is 27.1 Å². The Labute approximate surface area is 114 Å². The first-order valence-electron chi connectivity index (χ1n) is 5.90. The molecule has 0 amide bonds. The Morgan fingerprint density at radius 2 is 2.22 bits per heavy atom. The molecule has 18 heavy (non-hydrogen) atoms. The van der Waals surface area contributed by atoms with Crippen LogP contribution >= 0.6 is 15.9 Å². The minimum absolute atomic E-state index is 0.153. The molecule has 0 saturated heterocycles. The molecule has 1 aliphatic rings. The maximum absolute atomic E-state index is 6.10. The number of hydrogen-bond donors (Lipinski definition) is 1. The minimum Gasteiger partial charge on any atom is -0.493 e. The lowest BCUT2D eigenvalue weighted by Gasteiger charge is -2.26. The van der Waals surface area contributed by atoms with Crippen molar-refractivity contribution in [3.05, 3.63) is 40.0 Å². The molecule has 1 aromatic heterocycles. The third kappa shape index (κ3) is 1.70. The van der Waals surface area contributed by atoms with Crippen LogP contribution in [0.25, 0.3) is 0 Å². The van der Waals surface area contributed by atoms with Gasteiger partial charge in [0.15, 0.2) is 0 Å². The molecule has 94 valence electrons. The van der Waals surface area contributed by atoms with E-state index in [1.165, 1.54) is 0 Å². The summed E-state index contributed by atoms with van der Waals surface area (Å²) in [4.78, 5) is 0. The van der Waals surface area contributed by atoms with Gasteiger partial charge in [-0.3, -0.25) is 0 Å². The third-order valence-corrected chi connectivity index (χ3v) is 4.25.